The van der Waals surface area contributed by atoms with E-state index in [9.17, 15) is 0 Å². The number of hydrogen-bond acceptors (Lipinski definition) is 1. The Bertz CT molecular complexity index is 686. The van der Waals surface area contributed by atoms with Gasteiger partial charge in [0, 0.05) is 19.8 Å². The van der Waals surface area contributed by atoms with Crippen molar-refractivity contribution >= 4 is 46.0 Å². The minimum absolute atomic E-state index is 1.11. The lowest BCUT2D eigenvalue weighted by Gasteiger charge is -1.97. The standard InChI is InChI=1S/C14H10S/c1-9-13-7-11-5-3-4-6-12(11)8-14(13)10(2)15-9/h3-8H,1-2H2. The first kappa shape index (κ1) is 8.69. The average Bonchev–Trinajstić information content (AvgIpc) is 2.52. The molecule has 0 atom stereocenters. The van der Waals surface area contributed by atoms with Gasteiger partial charge in [0.1, 0.15) is 0 Å². The molecule has 0 aliphatic carbocycles. The maximum absolute atomic E-state index is 4.05. The molecule has 1 heterocycles. The molecule has 0 fully saturated rings. The van der Waals surface area contributed by atoms with Gasteiger partial charge in [-0.15, -0.1) is 11.3 Å². The van der Waals surface area contributed by atoms with Crippen LogP contribution in [0.5, 0.6) is 0 Å². The van der Waals surface area contributed by atoms with Crippen LogP contribution in [-0.4, -0.2) is 0 Å². The van der Waals surface area contributed by atoms with Gasteiger partial charge in [-0.05, 0) is 22.9 Å². The molecule has 0 saturated heterocycles. The van der Waals surface area contributed by atoms with Gasteiger partial charge in [-0.2, -0.15) is 0 Å². The highest BCUT2D eigenvalue weighted by Gasteiger charge is 2.01. The van der Waals surface area contributed by atoms with E-state index in [1.807, 2.05) is 0 Å². The number of benzene rings is 2. The molecular weight excluding hydrogens is 200 g/mol. The second kappa shape index (κ2) is 2.94. The van der Waals surface area contributed by atoms with E-state index in [4.69, 9.17) is 0 Å². The first-order valence-electron chi connectivity index (χ1n) is 4.85. The van der Waals surface area contributed by atoms with Crippen LogP contribution in [0.2, 0.25) is 0 Å². The van der Waals surface area contributed by atoms with Gasteiger partial charge in [0.2, 0.25) is 0 Å². The van der Waals surface area contributed by atoms with E-state index in [1.54, 1.807) is 11.3 Å². The Hall–Kier alpha value is -1.60. The van der Waals surface area contributed by atoms with Crippen LogP contribution in [0.3, 0.4) is 0 Å². The van der Waals surface area contributed by atoms with Gasteiger partial charge < -0.3 is 0 Å². The van der Waals surface area contributed by atoms with Crippen molar-refractivity contribution in [2.75, 3.05) is 0 Å². The zero-order valence-corrected chi connectivity index (χ0v) is 9.10. The molecule has 1 heteroatoms. The lowest BCUT2D eigenvalue weighted by molar-refractivity contribution is 1.80. The van der Waals surface area contributed by atoms with Crippen LogP contribution in [0.25, 0.3) is 34.7 Å². The summed E-state index contributed by atoms with van der Waals surface area (Å²) in [5.41, 5.74) is 0. The molecule has 1 aromatic heterocycles. The number of hydrogen-bond donors (Lipinski definition) is 0. The molecule has 0 radical (unpaired) electrons. The third-order valence-corrected chi connectivity index (χ3v) is 3.67. The van der Waals surface area contributed by atoms with Crippen molar-refractivity contribution in [3.8, 4) is 0 Å². The predicted octanol–water partition coefficient (Wildman–Crippen LogP) is 2.88. The lowest BCUT2D eigenvalue weighted by Crippen LogP contribution is -1.86. The van der Waals surface area contributed by atoms with E-state index in [0.717, 1.165) is 9.06 Å². The molecule has 0 spiro atoms. The summed E-state index contributed by atoms with van der Waals surface area (Å²) in [5, 5.41) is 5.02. The number of thiophene rings is 1. The van der Waals surface area contributed by atoms with Crippen LogP contribution < -0.4 is 9.06 Å². The summed E-state index contributed by atoms with van der Waals surface area (Å²) in [6, 6.07) is 12.8. The van der Waals surface area contributed by atoms with Gasteiger partial charge in [-0.3, -0.25) is 0 Å². The summed E-state index contributed by atoms with van der Waals surface area (Å²) >= 11 is 1.67. The topological polar surface area (TPSA) is 0 Å². The second-order valence-electron chi connectivity index (χ2n) is 3.69. The van der Waals surface area contributed by atoms with Crippen LogP contribution in [0, 0.1) is 0 Å². The minimum Gasteiger partial charge on any atom is -0.136 e. The van der Waals surface area contributed by atoms with Crippen LogP contribution in [0.4, 0.5) is 0 Å². The molecule has 0 saturated carbocycles. The smallest absolute Gasteiger partial charge is 0.0283 e. The molecule has 3 aromatic rings. The van der Waals surface area contributed by atoms with Gasteiger partial charge in [-0.1, -0.05) is 37.4 Å². The summed E-state index contributed by atoms with van der Waals surface area (Å²) < 4.78 is 2.22. The van der Waals surface area contributed by atoms with Gasteiger partial charge in [0.25, 0.3) is 0 Å². The van der Waals surface area contributed by atoms with Gasteiger partial charge in [0.05, 0.1) is 0 Å². The SMILES string of the molecule is C=c1sc(=C)c2cc3ccccc3cc12. The monoisotopic (exact) mass is 210 g/mol. The highest BCUT2D eigenvalue weighted by atomic mass is 32.1. The van der Waals surface area contributed by atoms with Crippen molar-refractivity contribution in [2.45, 2.75) is 0 Å². The summed E-state index contributed by atoms with van der Waals surface area (Å²) in [5.74, 6) is 0. The zero-order valence-electron chi connectivity index (χ0n) is 8.29. The molecule has 72 valence electrons. The molecule has 0 bridgehead atoms. The molecule has 2 aromatic carbocycles. The van der Waals surface area contributed by atoms with E-state index in [0.29, 0.717) is 0 Å². The Morgan fingerprint density at radius 1 is 0.800 bits per heavy atom. The predicted molar refractivity (Wildman–Crippen MR) is 69.6 cm³/mol. The largest absolute Gasteiger partial charge is 0.136 e. The third-order valence-electron chi connectivity index (χ3n) is 2.73. The number of fused-ring (bicyclic) bond motifs is 2. The Labute approximate surface area is 91.8 Å². The Morgan fingerprint density at radius 2 is 1.27 bits per heavy atom. The summed E-state index contributed by atoms with van der Waals surface area (Å²) in [7, 11) is 0. The molecule has 3 rings (SSSR count). The third kappa shape index (κ3) is 1.20. The van der Waals surface area contributed by atoms with Gasteiger partial charge in [0.15, 0.2) is 0 Å². The minimum atomic E-state index is 1.11. The van der Waals surface area contributed by atoms with E-state index < -0.39 is 0 Å². The molecule has 0 aliphatic heterocycles. The van der Waals surface area contributed by atoms with Crippen LogP contribution >= 0.6 is 11.3 Å². The van der Waals surface area contributed by atoms with Crippen molar-refractivity contribution in [3.63, 3.8) is 0 Å². The quantitative estimate of drug-likeness (QED) is 0.535. The Morgan fingerprint density at radius 3 is 1.73 bits per heavy atom. The van der Waals surface area contributed by atoms with Crippen LogP contribution in [-0.2, 0) is 0 Å². The van der Waals surface area contributed by atoms with Crippen molar-refractivity contribution < 1.29 is 0 Å². The molecule has 0 nitrogen and oxygen atoms in total. The molecular formula is C14H10S. The van der Waals surface area contributed by atoms with Crippen molar-refractivity contribution in [3.05, 3.63) is 45.5 Å². The fraction of sp³-hybridized carbons (Fsp3) is 0. The van der Waals surface area contributed by atoms with Crippen molar-refractivity contribution in [1.29, 1.82) is 0 Å². The van der Waals surface area contributed by atoms with Gasteiger partial charge in [-0.25, -0.2) is 0 Å². The summed E-state index contributed by atoms with van der Waals surface area (Å²) in [6.45, 7) is 8.11. The molecule has 0 unspecified atom stereocenters. The highest BCUT2D eigenvalue weighted by molar-refractivity contribution is 7.09. The van der Waals surface area contributed by atoms with E-state index >= 15 is 0 Å². The average molecular weight is 210 g/mol. The normalized spacial score (nSPS) is 11.2. The van der Waals surface area contributed by atoms with Crippen molar-refractivity contribution in [2.24, 2.45) is 0 Å². The fourth-order valence-corrected chi connectivity index (χ4v) is 2.82. The second-order valence-corrected chi connectivity index (χ2v) is 4.88. The first-order chi connectivity index (χ1) is 7.25. The fourth-order valence-electron chi connectivity index (χ4n) is 1.96. The maximum atomic E-state index is 4.05. The first-order valence-corrected chi connectivity index (χ1v) is 5.66. The lowest BCUT2D eigenvalue weighted by atomic mass is 10.1. The van der Waals surface area contributed by atoms with Crippen LogP contribution in [0.1, 0.15) is 0 Å². The summed E-state index contributed by atoms with van der Waals surface area (Å²) in [6.07, 6.45) is 0. The molecule has 0 N–H and O–H groups in total. The van der Waals surface area contributed by atoms with Crippen molar-refractivity contribution in [1.82, 2.24) is 0 Å². The zero-order chi connectivity index (χ0) is 10.4. The van der Waals surface area contributed by atoms with Gasteiger partial charge >= 0.3 is 0 Å². The highest BCUT2D eigenvalue weighted by Crippen LogP contribution is 2.19. The molecule has 0 aliphatic rings. The van der Waals surface area contributed by atoms with E-state index in [1.165, 1.54) is 21.5 Å². The van der Waals surface area contributed by atoms with E-state index in [-0.39, 0.29) is 0 Å². The number of rotatable bonds is 0. The Kier molecular flexibility index (Phi) is 1.70. The maximum Gasteiger partial charge on any atom is 0.0283 e. The Balaban J connectivity index is 2.67. The van der Waals surface area contributed by atoms with Crippen LogP contribution in [0.15, 0.2) is 36.4 Å². The van der Waals surface area contributed by atoms with E-state index in [2.05, 4.69) is 49.6 Å². The molecule has 0 amide bonds. The molecule has 15 heavy (non-hydrogen) atoms. The summed E-state index contributed by atoms with van der Waals surface area (Å²) in [4.78, 5) is 0.